The second-order valence-corrected chi connectivity index (χ2v) is 5.48. The molecule has 1 heterocycles. The molecule has 10 heteroatoms. The summed E-state index contributed by atoms with van der Waals surface area (Å²) < 4.78 is 6.92. The van der Waals surface area contributed by atoms with Gasteiger partial charge in [0.05, 0.1) is 30.5 Å². The van der Waals surface area contributed by atoms with E-state index in [0.29, 0.717) is 0 Å². The van der Waals surface area contributed by atoms with E-state index in [2.05, 4.69) is 0 Å². The second-order valence-electron chi connectivity index (χ2n) is 5.48. The van der Waals surface area contributed by atoms with Crippen LogP contribution in [-0.4, -0.2) is 45.6 Å². The predicted octanol–water partition coefficient (Wildman–Crippen LogP) is -0.704. The lowest BCUT2D eigenvalue weighted by atomic mass is 10.3. The van der Waals surface area contributed by atoms with Gasteiger partial charge in [-0.3, -0.25) is 14.2 Å². The lowest BCUT2D eigenvalue weighted by Gasteiger charge is -2.19. The van der Waals surface area contributed by atoms with Gasteiger partial charge in [0, 0.05) is 39.5 Å². The highest BCUT2D eigenvalue weighted by molar-refractivity contribution is 5.89. The third kappa shape index (κ3) is 6.29. The summed E-state index contributed by atoms with van der Waals surface area (Å²) in [6, 6.07) is 3.80. The molecule has 0 unspecified atom stereocenters. The zero-order chi connectivity index (χ0) is 20.4. The molecular weight excluding hydrogens is 354 g/mol. The summed E-state index contributed by atoms with van der Waals surface area (Å²) in [6.45, 7) is -0.276. The Morgan fingerprint density at radius 3 is 2.33 bits per heavy atom. The maximum Gasteiger partial charge on any atom is 0.331 e. The number of ether oxygens (including phenoxy) is 1. The summed E-state index contributed by atoms with van der Waals surface area (Å²) in [5.74, 6) is -1.37. The number of carbonyl (C=O) groups excluding carboxylic acids is 2. The van der Waals surface area contributed by atoms with Crippen molar-refractivity contribution in [1.82, 2.24) is 14.0 Å². The van der Waals surface area contributed by atoms with Crippen molar-refractivity contribution in [1.29, 1.82) is 10.5 Å². The molecular formula is C17H19N5O5. The summed E-state index contributed by atoms with van der Waals surface area (Å²) in [4.78, 5) is 48.6. The Balaban J connectivity index is 2.72. The van der Waals surface area contributed by atoms with Crippen LogP contribution in [0.2, 0.25) is 0 Å². The van der Waals surface area contributed by atoms with E-state index in [1.165, 1.54) is 35.8 Å². The van der Waals surface area contributed by atoms with Gasteiger partial charge in [-0.05, 0) is 6.08 Å². The summed E-state index contributed by atoms with van der Waals surface area (Å²) in [5.41, 5.74) is -0.967. The van der Waals surface area contributed by atoms with Crippen LogP contribution in [0.4, 0.5) is 0 Å². The maximum atomic E-state index is 12.0. The first-order chi connectivity index (χ1) is 12.8. The number of hydrogen-bond donors (Lipinski definition) is 0. The molecule has 0 radical (unpaired) electrons. The number of amides is 1. The second kappa shape index (κ2) is 10.4. The van der Waals surface area contributed by atoms with Crippen LogP contribution in [0.25, 0.3) is 6.08 Å². The van der Waals surface area contributed by atoms with Gasteiger partial charge in [-0.25, -0.2) is 9.59 Å². The van der Waals surface area contributed by atoms with Crippen molar-refractivity contribution in [3.63, 3.8) is 0 Å². The molecule has 142 valence electrons. The number of hydrogen-bond acceptors (Lipinski definition) is 7. The van der Waals surface area contributed by atoms with Gasteiger partial charge in [0.1, 0.15) is 0 Å². The predicted molar refractivity (Wildman–Crippen MR) is 94.0 cm³/mol. The highest BCUT2D eigenvalue weighted by Crippen LogP contribution is 1.98. The van der Waals surface area contributed by atoms with Crippen LogP contribution >= 0.6 is 0 Å². The fraction of sp³-hybridized carbons (Fsp3) is 0.412. The summed E-state index contributed by atoms with van der Waals surface area (Å²) >= 11 is 0. The molecule has 0 saturated heterocycles. The van der Waals surface area contributed by atoms with Gasteiger partial charge in [-0.2, -0.15) is 10.5 Å². The van der Waals surface area contributed by atoms with Crippen molar-refractivity contribution in [3.05, 3.63) is 38.7 Å². The third-order valence-electron chi connectivity index (χ3n) is 3.55. The Morgan fingerprint density at radius 2 is 1.78 bits per heavy atom. The average Bonchev–Trinajstić information content (AvgIpc) is 2.66. The van der Waals surface area contributed by atoms with Crippen LogP contribution in [-0.2, 0) is 28.4 Å². The smallest absolute Gasteiger partial charge is 0.331 e. The number of rotatable bonds is 8. The van der Waals surface area contributed by atoms with Crippen molar-refractivity contribution in [2.24, 2.45) is 14.1 Å². The van der Waals surface area contributed by atoms with E-state index in [1.807, 2.05) is 12.1 Å². The topological polar surface area (TPSA) is 138 Å². The summed E-state index contributed by atoms with van der Waals surface area (Å²) in [7, 11) is 2.78. The number of carbonyl (C=O) groups is 2. The van der Waals surface area contributed by atoms with Crippen LogP contribution in [0.1, 0.15) is 18.4 Å². The summed E-state index contributed by atoms with van der Waals surface area (Å²) in [6.07, 6.45) is 3.65. The molecule has 0 spiro atoms. The number of aryl methyl sites for hydroxylation is 1. The van der Waals surface area contributed by atoms with E-state index >= 15 is 0 Å². The lowest BCUT2D eigenvalue weighted by molar-refractivity contribution is -0.148. The molecule has 0 aliphatic rings. The van der Waals surface area contributed by atoms with Crippen LogP contribution < -0.4 is 11.2 Å². The van der Waals surface area contributed by atoms with Crippen molar-refractivity contribution >= 4 is 18.0 Å². The fourth-order valence-corrected chi connectivity index (χ4v) is 2.11. The van der Waals surface area contributed by atoms with E-state index in [0.717, 1.165) is 10.6 Å². The Bertz CT molecular complexity index is 911. The third-order valence-corrected chi connectivity index (χ3v) is 3.55. The first kappa shape index (κ1) is 21.4. The zero-order valence-electron chi connectivity index (χ0n) is 15.0. The van der Waals surface area contributed by atoms with E-state index < -0.39 is 29.7 Å². The largest absolute Gasteiger partial charge is 0.452 e. The summed E-state index contributed by atoms with van der Waals surface area (Å²) in [5, 5.41) is 17.2. The van der Waals surface area contributed by atoms with E-state index in [1.54, 1.807) is 0 Å². The van der Waals surface area contributed by atoms with E-state index in [-0.39, 0.29) is 31.5 Å². The minimum atomic E-state index is -0.847. The standard InChI is InChI=1S/C17H19N5O5/c1-20-11-13(16(25)21(2)17(20)26)5-6-15(24)27-12-14(23)22(9-3-7-18)10-4-8-19/h5-6,11H,3-4,9-10,12H2,1-2H3/b6-5+. The van der Waals surface area contributed by atoms with Gasteiger partial charge in [-0.1, -0.05) is 0 Å². The molecule has 1 amide bonds. The lowest BCUT2D eigenvalue weighted by Crippen LogP contribution is -2.37. The van der Waals surface area contributed by atoms with Gasteiger partial charge in [0.25, 0.3) is 11.5 Å². The molecule has 0 atom stereocenters. The molecule has 0 aliphatic heterocycles. The molecule has 1 rings (SSSR count). The van der Waals surface area contributed by atoms with Gasteiger partial charge >= 0.3 is 11.7 Å². The van der Waals surface area contributed by atoms with E-state index in [9.17, 15) is 19.2 Å². The zero-order valence-corrected chi connectivity index (χ0v) is 15.0. The minimum absolute atomic E-state index is 0.0983. The average molecular weight is 373 g/mol. The van der Waals surface area contributed by atoms with Gasteiger partial charge in [0.15, 0.2) is 6.61 Å². The highest BCUT2D eigenvalue weighted by Gasteiger charge is 2.14. The quantitative estimate of drug-likeness (QED) is 0.433. The van der Waals surface area contributed by atoms with Crippen LogP contribution in [0.15, 0.2) is 21.9 Å². The van der Waals surface area contributed by atoms with Crippen molar-refractivity contribution in [2.75, 3.05) is 19.7 Å². The normalized spacial score (nSPS) is 10.2. The van der Waals surface area contributed by atoms with Gasteiger partial charge in [0.2, 0.25) is 0 Å². The molecule has 10 nitrogen and oxygen atoms in total. The Hall–Kier alpha value is -3.66. The van der Waals surface area contributed by atoms with Crippen LogP contribution in [0.3, 0.4) is 0 Å². The van der Waals surface area contributed by atoms with E-state index in [4.69, 9.17) is 15.3 Å². The molecule has 1 aromatic heterocycles. The first-order valence-corrected chi connectivity index (χ1v) is 7.95. The number of esters is 1. The molecule has 0 bridgehead atoms. The number of nitrogens with zero attached hydrogens (tertiary/aromatic N) is 5. The van der Waals surface area contributed by atoms with Crippen molar-refractivity contribution < 1.29 is 14.3 Å². The van der Waals surface area contributed by atoms with Crippen LogP contribution in [0, 0.1) is 22.7 Å². The maximum absolute atomic E-state index is 12.0. The van der Waals surface area contributed by atoms with Gasteiger partial charge < -0.3 is 14.2 Å². The monoisotopic (exact) mass is 373 g/mol. The fourth-order valence-electron chi connectivity index (χ4n) is 2.11. The molecule has 0 aromatic carbocycles. The molecule has 0 N–H and O–H groups in total. The first-order valence-electron chi connectivity index (χ1n) is 7.95. The SMILES string of the molecule is Cn1cc(/C=C/C(=O)OCC(=O)N(CCC#N)CCC#N)c(=O)n(C)c1=O. The van der Waals surface area contributed by atoms with Gasteiger partial charge in [-0.15, -0.1) is 0 Å². The molecule has 0 aliphatic carbocycles. The Labute approximate surface area is 155 Å². The van der Waals surface area contributed by atoms with Crippen molar-refractivity contribution in [3.8, 4) is 12.1 Å². The number of nitriles is 2. The van der Waals surface area contributed by atoms with Crippen LogP contribution in [0.5, 0.6) is 0 Å². The van der Waals surface area contributed by atoms with Crippen molar-refractivity contribution in [2.45, 2.75) is 12.8 Å². The molecule has 0 fully saturated rings. The number of aromatic nitrogens is 2. The highest BCUT2D eigenvalue weighted by atomic mass is 16.5. The Kier molecular flexibility index (Phi) is 8.20. The molecule has 0 saturated carbocycles. The minimum Gasteiger partial charge on any atom is -0.452 e. The Morgan fingerprint density at radius 1 is 1.19 bits per heavy atom. The molecule has 1 aromatic rings. The molecule has 27 heavy (non-hydrogen) atoms.